The molecule has 1 saturated carbocycles. The van der Waals surface area contributed by atoms with Gasteiger partial charge in [0, 0.05) is 20.8 Å². The molecule has 3 atom stereocenters. The Balaban J connectivity index is 2.07. The first-order chi connectivity index (χ1) is 8.24. The Bertz CT molecular complexity index is 350. The molecular formula is C14H22BrNS. The lowest BCUT2D eigenvalue weighted by Gasteiger charge is -2.33. The van der Waals surface area contributed by atoms with Gasteiger partial charge in [-0.15, -0.1) is 11.3 Å². The summed E-state index contributed by atoms with van der Waals surface area (Å²) < 4.78 is 1.22. The van der Waals surface area contributed by atoms with Crippen molar-refractivity contribution in [2.24, 2.45) is 11.8 Å². The molecule has 0 spiro atoms. The summed E-state index contributed by atoms with van der Waals surface area (Å²) in [5.41, 5.74) is 0. The Labute approximate surface area is 117 Å². The fourth-order valence-electron chi connectivity index (χ4n) is 3.11. The third kappa shape index (κ3) is 3.33. The first kappa shape index (κ1) is 13.6. The molecule has 1 aliphatic rings. The average Bonchev–Trinajstić information content (AvgIpc) is 2.77. The Kier molecular flexibility index (Phi) is 5.07. The Morgan fingerprint density at radius 2 is 2.35 bits per heavy atom. The number of rotatable bonds is 4. The summed E-state index contributed by atoms with van der Waals surface area (Å²) in [6.45, 7) is 2.34. The highest BCUT2D eigenvalue weighted by atomic mass is 79.9. The van der Waals surface area contributed by atoms with Crippen LogP contribution in [0.4, 0.5) is 0 Å². The van der Waals surface area contributed by atoms with Crippen molar-refractivity contribution in [3.8, 4) is 0 Å². The van der Waals surface area contributed by atoms with Crippen molar-refractivity contribution < 1.29 is 0 Å². The second-order valence-corrected chi connectivity index (χ2v) is 6.99. The largest absolute Gasteiger partial charge is 0.312 e. The van der Waals surface area contributed by atoms with Crippen molar-refractivity contribution in [2.45, 2.75) is 45.1 Å². The third-order valence-corrected chi connectivity index (χ3v) is 5.85. The molecule has 1 aliphatic carbocycles. The third-order valence-electron chi connectivity index (χ3n) is 4.08. The summed E-state index contributed by atoms with van der Waals surface area (Å²) in [5, 5.41) is 5.73. The van der Waals surface area contributed by atoms with Crippen LogP contribution in [0.5, 0.6) is 0 Å². The zero-order valence-electron chi connectivity index (χ0n) is 10.7. The SMILES string of the molecule is CCC1CCCC(C(NC)c2cc(Br)cs2)C1. The summed E-state index contributed by atoms with van der Waals surface area (Å²) >= 11 is 5.44. The summed E-state index contributed by atoms with van der Waals surface area (Å²) in [7, 11) is 2.11. The standard InChI is InChI=1S/C14H22BrNS/c1-3-10-5-4-6-11(7-10)14(16-2)13-8-12(15)9-17-13/h8-11,14,16H,3-7H2,1-2H3. The fourth-order valence-corrected chi connectivity index (χ4v) is 4.75. The van der Waals surface area contributed by atoms with Crippen LogP contribution in [-0.4, -0.2) is 7.05 Å². The summed E-state index contributed by atoms with van der Waals surface area (Å²) in [6, 6.07) is 2.84. The highest BCUT2D eigenvalue weighted by molar-refractivity contribution is 9.10. The zero-order chi connectivity index (χ0) is 12.3. The maximum atomic E-state index is 3.56. The van der Waals surface area contributed by atoms with Crippen molar-refractivity contribution in [3.05, 3.63) is 20.8 Å². The second-order valence-electron chi connectivity index (χ2n) is 5.13. The van der Waals surface area contributed by atoms with E-state index in [-0.39, 0.29) is 0 Å². The number of nitrogens with one attached hydrogen (secondary N) is 1. The van der Waals surface area contributed by atoms with Crippen LogP contribution in [-0.2, 0) is 0 Å². The summed E-state index contributed by atoms with van der Waals surface area (Å²) in [6.07, 6.45) is 6.99. The highest BCUT2D eigenvalue weighted by Gasteiger charge is 2.28. The van der Waals surface area contributed by atoms with Gasteiger partial charge in [-0.3, -0.25) is 0 Å². The smallest absolute Gasteiger partial charge is 0.0441 e. The molecule has 96 valence electrons. The molecule has 0 aliphatic heterocycles. The van der Waals surface area contributed by atoms with Crippen LogP contribution >= 0.6 is 27.3 Å². The lowest BCUT2D eigenvalue weighted by atomic mass is 9.76. The van der Waals surface area contributed by atoms with Crippen LogP contribution < -0.4 is 5.32 Å². The second kappa shape index (κ2) is 6.35. The highest BCUT2D eigenvalue weighted by Crippen LogP contribution is 2.40. The molecule has 0 saturated heterocycles. The lowest BCUT2D eigenvalue weighted by molar-refractivity contribution is 0.216. The number of hydrogen-bond acceptors (Lipinski definition) is 2. The van der Waals surface area contributed by atoms with Gasteiger partial charge in [0.15, 0.2) is 0 Å². The van der Waals surface area contributed by atoms with Gasteiger partial charge in [0.1, 0.15) is 0 Å². The van der Waals surface area contributed by atoms with Crippen LogP contribution in [0.15, 0.2) is 15.9 Å². The van der Waals surface area contributed by atoms with E-state index in [2.05, 4.69) is 46.7 Å². The van der Waals surface area contributed by atoms with Crippen molar-refractivity contribution in [1.82, 2.24) is 5.32 Å². The van der Waals surface area contributed by atoms with Gasteiger partial charge in [-0.2, -0.15) is 0 Å². The number of hydrogen-bond donors (Lipinski definition) is 1. The van der Waals surface area contributed by atoms with Crippen molar-refractivity contribution in [1.29, 1.82) is 0 Å². The maximum Gasteiger partial charge on any atom is 0.0441 e. The number of thiophene rings is 1. The van der Waals surface area contributed by atoms with Crippen LogP contribution in [0, 0.1) is 11.8 Å². The molecular weight excluding hydrogens is 294 g/mol. The van der Waals surface area contributed by atoms with Crippen LogP contribution in [0.2, 0.25) is 0 Å². The minimum absolute atomic E-state index is 0.556. The first-order valence-electron chi connectivity index (χ1n) is 6.65. The summed E-state index contributed by atoms with van der Waals surface area (Å²) in [4.78, 5) is 1.49. The van der Waals surface area contributed by atoms with Gasteiger partial charge in [-0.05, 0) is 53.7 Å². The fraction of sp³-hybridized carbons (Fsp3) is 0.714. The van der Waals surface area contributed by atoms with E-state index in [0.29, 0.717) is 6.04 Å². The molecule has 0 radical (unpaired) electrons. The molecule has 3 heteroatoms. The Hall–Kier alpha value is 0.140. The topological polar surface area (TPSA) is 12.0 Å². The van der Waals surface area contributed by atoms with E-state index in [1.165, 1.54) is 41.5 Å². The van der Waals surface area contributed by atoms with Gasteiger partial charge >= 0.3 is 0 Å². The average molecular weight is 316 g/mol. The van der Waals surface area contributed by atoms with E-state index >= 15 is 0 Å². The van der Waals surface area contributed by atoms with Gasteiger partial charge in [-0.25, -0.2) is 0 Å². The van der Waals surface area contributed by atoms with E-state index in [1.54, 1.807) is 0 Å². The summed E-state index contributed by atoms with van der Waals surface area (Å²) in [5.74, 6) is 1.78. The van der Waals surface area contributed by atoms with Crippen LogP contribution in [0.25, 0.3) is 0 Å². The molecule has 1 heterocycles. The van der Waals surface area contributed by atoms with Crippen LogP contribution in [0.1, 0.15) is 49.9 Å². The molecule has 3 unspecified atom stereocenters. The van der Waals surface area contributed by atoms with Crippen LogP contribution in [0.3, 0.4) is 0 Å². The molecule has 1 aromatic rings. The minimum Gasteiger partial charge on any atom is -0.312 e. The normalized spacial score (nSPS) is 27.0. The molecule has 1 nitrogen and oxygen atoms in total. The van der Waals surface area contributed by atoms with E-state index in [9.17, 15) is 0 Å². The van der Waals surface area contributed by atoms with E-state index in [0.717, 1.165) is 11.8 Å². The molecule has 1 aromatic heterocycles. The maximum absolute atomic E-state index is 3.56. The van der Waals surface area contributed by atoms with Gasteiger partial charge < -0.3 is 5.32 Å². The monoisotopic (exact) mass is 315 g/mol. The zero-order valence-corrected chi connectivity index (χ0v) is 13.1. The quantitative estimate of drug-likeness (QED) is 0.825. The van der Waals surface area contributed by atoms with E-state index < -0.39 is 0 Å². The molecule has 0 bridgehead atoms. The van der Waals surface area contributed by atoms with E-state index in [1.807, 2.05) is 11.3 Å². The van der Waals surface area contributed by atoms with Gasteiger partial charge in [0.05, 0.1) is 0 Å². The molecule has 2 rings (SSSR count). The first-order valence-corrected chi connectivity index (χ1v) is 8.33. The molecule has 1 fully saturated rings. The van der Waals surface area contributed by atoms with Crippen molar-refractivity contribution in [2.75, 3.05) is 7.05 Å². The van der Waals surface area contributed by atoms with Crippen molar-refractivity contribution >= 4 is 27.3 Å². The molecule has 17 heavy (non-hydrogen) atoms. The van der Waals surface area contributed by atoms with E-state index in [4.69, 9.17) is 0 Å². The van der Waals surface area contributed by atoms with Gasteiger partial charge in [0.2, 0.25) is 0 Å². The predicted molar refractivity (Wildman–Crippen MR) is 79.6 cm³/mol. The molecule has 0 amide bonds. The number of halogens is 1. The van der Waals surface area contributed by atoms with Crippen molar-refractivity contribution in [3.63, 3.8) is 0 Å². The minimum atomic E-state index is 0.556. The lowest BCUT2D eigenvalue weighted by Crippen LogP contribution is -2.28. The Morgan fingerprint density at radius 3 is 2.94 bits per heavy atom. The molecule has 0 aromatic carbocycles. The molecule has 1 N–H and O–H groups in total. The Morgan fingerprint density at radius 1 is 1.53 bits per heavy atom. The van der Waals surface area contributed by atoms with Gasteiger partial charge in [0.25, 0.3) is 0 Å². The predicted octanol–water partition coefficient (Wildman–Crippen LogP) is 4.99. The van der Waals surface area contributed by atoms with Gasteiger partial charge in [-0.1, -0.05) is 26.2 Å².